The van der Waals surface area contributed by atoms with E-state index in [9.17, 15) is 4.79 Å². The Bertz CT molecular complexity index is 1120. The summed E-state index contributed by atoms with van der Waals surface area (Å²) in [7, 11) is 0. The smallest absolute Gasteiger partial charge is 0.244 e. The molecule has 0 atom stereocenters. The van der Waals surface area contributed by atoms with Crippen LogP contribution in [0.3, 0.4) is 0 Å². The van der Waals surface area contributed by atoms with Crippen LogP contribution in [0.5, 0.6) is 0 Å². The molecule has 0 bridgehead atoms. The molecule has 146 valence electrons. The Morgan fingerprint density at radius 3 is 2.59 bits per heavy atom. The number of hydrogen-bond donors (Lipinski definition) is 1. The molecule has 5 heteroatoms. The third kappa shape index (κ3) is 4.69. The van der Waals surface area contributed by atoms with Gasteiger partial charge in [-0.1, -0.05) is 48.5 Å². The topological polar surface area (TPSA) is 46.9 Å². The van der Waals surface area contributed by atoms with Gasteiger partial charge in [0.1, 0.15) is 12.4 Å². The van der Waals surface area contributed by atoms with E-state index < -0.39 is 0 Å². The molecule has 0 unspecified atom stereocenters. The van der Waals surface area contributed by atoms with Gasteiger partial charge in [-0.2, -0.15) is 0 Å². The van der Waals surface area contributed by atoms with Crippen molar-refractivity contribution in [2.75, 3.05) is 11.6 Å². The van der Waals surface area contributed by atoms with E-state index >= 15 is 0 Å². The zero-order chi connectivity index (χ0) is 20.1. The van der Waals surface area contributed by atoms with Crippen LogP contribution in [0.4, 0.5) is 5.69 Å². The van der Waals surface area contributed by atoms with Gasteiger partial charge in [0.2, 0.25) is 5.91 Å². The number of anilines is 1. The molecule has 0 saturated heterocycles. The maximum atomic E-state index is 12.8. The summed E-state index contributed by atoms with van der Waals surface area (Å²) < 4.78 is 2.03. The first-order chi connectivity index (χ1) is 14.2. The van der Waals surface area contributed by atoms with Crippen molar-refractivity contribution in [2.45, 2.75) is 24.3 Å². The largest absolute Gasteiger partial charge is 0.324 e. The number of carbonyl (C=O) groups excluding carboxylic acids is 1. The first-order valence-electron chi connectivity index (χ1n) is 9.65. The summed E-state index contributed by atoms with van der Waals surface area (Å²) in [4.78, 5) is 18.7. The second-order valence-electron chi connectivity index (χ2n) is 6.87. The van der Waals surface area contributed by atoms with Gasteiger partial charge < -0.3 is 9.88 Å². The van der Waals surface area contributed by atoms with E-state index in [1.165, 1.54) is 5.56 Å². The number of carbonyl (C=O) groups is 1. The molecular formula is C24H23N3OS. The normalized spacial score (nSPS) is 10.9. The molecule has 29 heavy (non-hydrogen) atoms. The van der Waals surface area contributed by atoms with Crippen LogP contribution in [-0.2, 0) is 24.2 Å². The number of rotatable bonds is 7. The molecule has 0 aliphatic carbocycles. The Labute approximate surface area is 175 Å². The van der Waals surface area contributed by atoms with Crippen molar-refractivity contribution in [2.24, 2.45) is 0 Å². The molecule has 0 aliphatic heterocycles. The molecule has 4 nitrogen and oxygen atoms in total. The molecule has 0 fully saturated rings. The zero-order valence-corrected chi connectivity index (χ0v) is 17.2. The maximum absolute atomic E-state index is 12.8. The molecule has 4 rings (SSSR count). The van der Waals surface area contributed by atoms with Gasteiger partial charge in [0.05, 0.1) is 11.0 Å². The Morgan fingerprint density at radius 2 is 1.76 bits per heavy atom. The minimum Gasteiger partial charge on any atom is -0.324 e. The van der Waals surface area contributed by atoms with Gasteiger partial charge in [0.15, 0.2) is 0 Å². The number of fused-ring (bicyclic) bond motifs is 1. The highest BCUT2D eigenvalue weighted by Gasteiger charge is 2.14. The maximum Gasteiger partial charge on any atom is 0.244 e. The summed E-state index contributed by atoms with van der Waals surface area (Å²) in [5.41, 5.74) is 4.00. The Balaban J connectivity index is 1.55. The molecule has 1 aromatic heterocycles. The summed E-state index contributed by atoms with van der Waals surface area (Å²) in [5, 5.41) is 3.02. The minimum absolute atomic E-state index is 0.0487. The number of nitrogens with one attached hydrogen (secondary N) is 1. The van der Waals surface area contributed by atoms with E-state index in [1.807, 2.05) is 65.4 Å². The van der Waals surface area contributed by atoms with Gasteiger partial charge in [-0.25, -0.2) is 4.98 Å². The number of aryl methyl sites for hydroxylation is 2. The fourth-order valence-corrected chi connectivity index (χ4v) is 3.90. The number of benzene rings is 3. The van der Waals surface area contributed by atoms with Crippen LogP contribution in [0, 0.1) is 0 Å². The van der Waals surface area contributed by atoms with Crippen LogP contribution in [0.2, 0.25) is 0 Å². The van der Waals surface area contributed by atoms with Crippen molar-refractivity contribution in [3.63, 3.8) is 0 Å². The number of thioether (sulfide) groups is 1. The lowest BCUT2D eigenvalue weighted by Crippen LogP contribution is -2.20. The minimum atomic E-state index is -0.0487. The van der Waals surface area contributed by atoms with E-state index in [-0.39, 0.29) is 12.5 Å². The van der Waals surface area contributed by atoms with Gasteiger partial charge in [0.25, 0.3) is 0 Å². The summed E-state index contributed by atoms with van der Waals surface area (Å²) in [6.45, 7) is 0.244. The van der Waals surface area contributed by atoms with Gasteiger partial charge in [-0.05, 0) is 48.6 Å². The van der Waals surface area contributed by atoms with Gasteiger partial charge >= 0.3 is 0 Å². The molecule has 0 aliphatic rings. The van der Waals surface area contributed by atoms with Crippen molar-refractivity contribution < 1.29 is 4.79 Å². The molecule has 0 spiro atoms. The lowest BCUT2D eigenvalue weighted by atomic mass is 10.1. The highest BCUT2D eigenvalue weighted by atomic mass is 32.2. The molecule has 0 radical (unpaired) electrons. The predicted molar refractivity (Wildman–Crippen MR) is 120 cm³/mol. The lowest BCUT2D eigenvalue weighted by molar-refractivity contribution is -0.116. The standard InChI is InChI=1S/C24H23N3OS/c1-29-20-11-7-10-19(16-20)25-24(28)17-27-22-13-6-5-12-21(22)26-23(27)15-14-18-8-3-2-4-9-18/h2-13,16H,14-15,17H2,1H3,(H,25,28). The number of hydrogen-bond acceptors (Lipinski definition) is 3. The van der Waals surface area contributed by atoms with Crippen LogP contribution in [0.25, 0.3) is 11.0 Å². The molecule has 3 aromatic carbocycles. The zero-order valence-electron chi connectivity index (χ0n) is 16.3. The van der Waals surface area contributed by atoms with Crippen molar-refractivity contribution in [3.8, 4) is 0 Å². The number of para-hydroxylation sites is 2. The quantitative estimate of drug-likeness (QED) is 0.434. The van der Waals surface area contributed by atoms with Crippen molar-refractivity contribution >= 4 is 34.4 Å². The van der Waals surface area contributed by atoms with Gasteiger partial charge in [-0.15, -0.1) is 11.8 Å². The molecule has 1 amide bonds. The first kappa shape index (κ1) is 19.3. The monoisotopic (exact) mass is 401 g/mol. The lowest BCUT2D eigenvalue weighted by Gasteiger charge is -2.11. The van der Waals surface area contributed by atoms with Crippen LogP contribution >= 0.6 is 11.8 Å². The highest BCUT2D eigenvalue weighted by Crippen LogP contribution is 2.20. The SMILES string of the molecule is CSc1cccc(NC(=O)Cn2c(CCc3ccccc3)nc3ccccc32)c1. The number of imidazole rings is 1. The van der Waals surface area contributed by atoms with E-state index in [0.29, 0.717) is 0 Å². The third-order valence-corrected chi connectivity index (χ3v) is 5.59. The fourth-order valence-electron chi connectivity index (χ4n) is 3.44. The summed E-state index contributed by atoms with van der Waals surface area (Å²) in [5.74, 6) is 0.885. The molecule has 0 saturated carbocycles. The van der Waals surface area contributed by atoms with Crippen LogP contribution < -0.4 is 5.32 Å². The fraction of sp³-hybridized carbons (Fsp3) is 0.167. The van der Waals surface area contributed by atoms with Crippen molar-refractivity contribution in [1.29, 1.82) is 0 Å². The van der Waals surface area contributed by atoms with E-state index in [0.717, 1.165) is 40.3 Å². The van der Waals surface area contributed by atoms with E-state index in [2.05, 4.69) is 29.6 Å². The summed E-state index contributed by atoms with van der Waals surface area (Å²) in [6, 6.07) is 26.3. The predicted octanol–water partition coefficient (Wildman–Crippen LogP) is 5.18. The Hall–Kier alpha value is -3.05. The highest BCUT2D eigenvalue weighted by molar-refractivity contribution is 7.98. The Morgan fingerprint density at radius 1 is 0.966 bits per heavy atom. The average Bonchev–Trinajstić information content (AvgIpc) is 3.10. The van der Waals surface area contributed by atoms with Gasteiger partial charge in [-0.3, -0.25) is 4.79 Å². The van der Waals surface area contributed by atoms with E-state index in [1.54, 1.807) is 11.8 Å². The van der Waals surface area contributed by atoms with Crippen LogP contribution in [0.15, 0.2) is 83.8 Å². The molecule has 4 aromatic rings. The van der Waals surface area contributed by atoms with E-state index in [4.69, 9.17) is 4.98 Å². The third-order valence-electron chi connectivity index (χ3n) is 4.87. The average molecular weight is 402 g/mol. The van der Waals surface area contributed by atoms with Crippen LogP contribution in [-0.4, -0.2) is 21.7 Å². The number of aromatic nitrogens is 2. The Kier molecular flexibility index (Phi) is 5.96. The molecule has 1 N–H and O–H groups in total. The van der Waals surface area contributed by atoms with Gasteiger partial charge in [0, 0.05) is 17.0 Å². The van der Waals surface area contributed by atoms with Crippen molar-refractivity contribution in [1.82, 2.24) is 9.55 Å². The summed E-state index contributed by atoms with van der Waals surface area (Å²) >= 11 is 1.66. The second kappa shape index (κ2) is 8.97. The second-order valence-corrected chi connectivity index (χ2v) is 7.75. The molecule has 1 heterocycles. The number of nitrogens with zero attached hydrogens (tertiary/aromatic N) is 2. The van der Waals surface area contributed by atoms with Crippen molar-refractivity contribution in [3.05, 3.63) is 90.3 Å². The molecular weight excluding hydrogens is 378 g/mol. The first-order valence-corrected chi connectivity index (χ1v) is 10.9. The number of amides is 1. The van der Waals surface area contributed by atoms with Crippen LogP contribution in [0.1, 0.15) is 11.4 Å². The summed E-state index contributed by atoms with van der Waals surface area (Å²) in [6.07, 6.45) is 3.70.